The highest BCUT2D eigenvalue weighted by Crippen LogP contribution is 2.39. The lowest BCUT2D eigenvalue weighted by Crippen LogP contribution is -2.45. The SMILES string of the molecule is [NH-]CC1CCCCN1C(=O)c1nc(-c2ccccc2)sc1-c1cccc(C(F)(F)F)c1. The van der Waals surface area contributed by atoms with Crippen LogP contribution in [-0.2, 0) is 6.18 Å². The molecule has 2 aromatic carbocycles. The van der Waals surface area contributed by atoms with Gasteiger partial charge < -0.3 is 10.6 Å². The van der Waals surface area contributed by atoms with Gasteiger partial charge in [-0.15, -0.1) is 17.9 Å². The van der Waals surface area contributed by atoms with Crippen molar-refractivity contribution in [1.29, 1.82) is 0 Å². The zero-order valence-electron chi connectivity index (χ0n) is 16.7. The lowest BCUT2D eigenvalue weighted by Gasteiger charge is -2.37. The fourth-order valence-electron chi connectivity index (χ4n) is 3.82. The number of nitrogens with zero attached hydrogens (tertiary/aromatic N) is 2. The number of nitrogens with one attached hydrogen (secondary N) is 1. The van der Waals surface area contributed by atoms with Gasteiger partial charge in [-0.05, 0) is 37.0 Å². The first-order chi connectivity index (χ1) is 14.9. The Morgan fingerprint density at radius 2 is 1.84 bits per heavy atom. The number of piperidine rings is 1. The smallest absolute Gasteiger partial charge is 0.416 e. The summed E-state index contributed by atoms with van der Waals surface area (Å²) in [5.74, 6) is -0.317. The summed E-state index contributed by atoms with van der Waals surface area (Å²) in [7, 11) is 0. The minimum absolute atomic E-state index is 0.0975. The van der Waals surface area contributed by atoms with E-state index in [-0.39, 0.29) is 24.2 Å². The molecule has 1 saturated heterocycles. The predicted octanol–water partition coefficient (Wildman–Crippen LogP) is 6.54. The zero-order valence-corrected chi connectivity index (χ0v) is 17.5. The third kappa shape index (κ3) is 4.50. The van der Waals surface area contributed by atoms with Crippen molar-refractivity contribution in [3.05, 3.63) is 71.6 Å². The Bertz CT molecular complexity index is 1070. The number of amides is 1. The van der Waals surface area contributed by atoms with Crippen molar-refractivity contribution in [1.82, 2.24) is 9.88 Å². The van der Waals surface area contributed by atoms with Gasteiger partial charge in [-0.25, -0.2) is 4.98 Å². The van der Waals surface area contributed by atoms with E-state index in [4.69, 9.17) is 5.73 Å². The van der Waals surface area contributed by atoms with E-state index in [2.05, 4.69) is 4.98 Å². The molecule has 0 radical (unpaired) electrons. The van der Waals surface area contributed by atoms with Gasteiger partial charge in [-0.1, -0.05) is 42.5 Å². The van der Waals surface area contributed by atoms with Gasteiger partial charge in [0, 0.05) is 18.2 Å². The number of thiazole rings is 1. The Morgan fingerprint density at radius 1 is 1.10 bits per heavy atom. The number of aromatic nitrogens is 1. The van der Waals surface area contributed by atoms with Gasteiger partial charge in [-0.3, -0.25) is 4.79 Å². The fraction of sp³-hybridized carbons (Fsp3) is 0.304. The van der Waals surface area contributed by atoms with Crippen LogP contribution in [0.1, 0.15) is 35.3 Å². The van der Waals surface area contributed by atoms with Crippen LogP contribution in [0.25, 0.3) is 26.7 Å². The minimum Gasteiger partial charge on any atom is -0.676 e. The summed E-state index contributed by atoms with van der Waals surface area (Å²) in [4.78, 5) is 20.1. The largest absolute Gasteiger partial charge is 0.676 e. The first-order valence-electron chi connectivity index (χ1n) is 10.1. The second-order valence-corrected chi connectivity index (χ2v) is 8.49. The molecule has 0 spiro atoms. The molecule has 162 valence electrons. The highest BCUT2D eigenvalue weighted by atomic mass is 32.1. The van der Waals surface area contributed by atoms with Crippen LogP contribution in [0.4, 0.5) is 13.2 Å². The Hall–Kier alpha value is -2.71. The van der Waals surface area contributed by atoms with Crippen LogP contribution in [-0.4, -0.2) is 34.9 Å². The van der Waals surface area contributed by atoms with E-state index in [9.17, 15) is 18.0 Å². The van der Waals surface area contributed by atoms with E-state index in [1.165, 1.54) is 17.4 Å². The number of carbonyl (C=O) groups is 1. The Balaban J connectivity index is 1.82. The third-order valence-corrected chi connectivity index (χ3v) is 6.58. The van der Waals surface area contributed by atoms with Crippen molar-refractivity contribution in [2.45, 2.75) is 31.5 Å². The van der Waals surface area contributed by atoms with E-state index in [1.54, 1.807) is 11.0 Å². The molecule has 1 amide bonds. The number of benzene rings is 2. The molecule has 1 aliphatic rings. The minimum atomic E-state index is -4.48. The van der Waals surface area contributed by atoms with Gasteiger partial charge in [0.25, 0.3) is 5.91 Å². The Kier molecular flexibility index (Phi) is 6.11. The number of likely N-dealkylation sites (tertiary alicyclic amines) is 1. The number of hydrogen-bond donors (Lipinski definition) is 0. The number of rotatable bonds is 4. The quantitative estimate of drug-likeness (QED) is 0.459. The summed E-state index contributed by atoms with van der Waals surface area (Å²) in [6.07, 6.45) is -1.92. The van der Waals surface area contributed by atoms with Crippen LogP contribution in [0, 0.1) is 0 Å². The van der Waals surface area contributed by atoms with Crippen molar-refractivity contribution in [3.8, 4) is 21.0 Å². The molecule has 1 aliphatic heterocycles. The molecule has 1 aromatic heterocycles. The summed E-state index contributed by atoms with van der Waals surface area (Å²) < 4.78 is 39.9. The Morgan fingerprint density at radius 3 is 2.55 bits per heavy atom. The van der Waals surface area contributed by atoms with E-state index < -0.39 is 11.7 Å². The van der Waals surface area contributed by atoms with Gasteiger partial charge in [0.05, 0.1) is 10.4 Å². The molecule has 2 heterocycles. The highest BCUT2D eigenvalue weighted by molar-refractivity contribution is 7.18. The summed E-state index contributed by atoms with van der Waals surface area (Å²) >= 11 is 1.21. The lowest BCUT2D eigenvalue weighted by atomic mass is 10.0. The van der Waals surface area contributed by atoms with Crippen LogP contribution in [0.15, 0.2) is 54.6 Å². The molecule has 4 nitrogen and oxygen atoms in total. The molecule has 0 saturated carbocycles. The molecule has 31 heavy (non-hydrogen) atoms. The van der Waals surface area contributed by atoms with Crippen molar-refractivity contribution in [3.63, 3.8) is 0 Å². The summed E-state index contributed by atoms with van der Waals surface area (Å²) in [5, 5.41) is 0.579. The van der Waals surface area contributed by atoms with Crippen molar-refractivity contribution >= 4 is 17.2 Å². The monoisotopic (exact) mass is 444 g/mol. The maximum absolute atomic E-state index is 13.5. The van der Waals surface area contributed by atoms with Crippen molar-refractivity contribution < 1.29 is 18.0 Å². The molecule has 1 fully saturated rings. The van der Waals surface area contributed by atoms with E-state index in [1.807, 2.05) is 30.3 Å². The zero-order chi connectivity index (χ0) is 22.0. The normalized spacial score (nSPS) is 17.0. The van der Waals surface area contributed by atoms with Crippen LogP contribution < -0.4 is 0 Å². The number of halogens is 3. The van der Waals surface area contributed by atoms with Gasteiger partial charge >= 0.3 is 6.18 Å². The van der Waals surface area contributed by atoms with Gasteiger partial charge in [0.15, 0.2) is 0 Å². The van der Waals surface area contributed by atoms with Gasteiger partial charge in [0.2, 0.25) is 0 Å². The molecule has 0 aliphatic carbocycles. The van der Waals surface area contributed by atoms with Crippen LogP contribution in [0.5, 0.6) is 0 Å². The molecule has 3 aromatic rings. The van der Waals surface area contributed by atoms with E-state index in [0.717, 1.165) is 37.0 Å². The number of alkyl halides is 3. The van der Waals surface area contributed by atoms with Gasteiger partial charge in [0.1, 0.15) is 10.7 Å². The standard InChI is InChI=1S/C23H21F3N3OS/c24-23(25,26)17-10-6-9-16(13-17)20-19(22(30)29-12-5-4-11-18(29)14-27)28-21(31-20)15-7-2-1-3-8-15/h1-3,6-10,13,18,27H,4-5,11-12,14H2/q-1. The second kappa shape index (κ2) is 8.80. The van der Waals surface area contributed by atoms with E-state index >= 15 is 0 Å². The maximum atomic E-state index is 13.5. The first-order valence-corrected chi connectivity index (χ1v) is 10.9. The highest BCUT2D eigenvalue weighted by Gasteiger charge is 2.33. The number of carbonyl (C=O) groups excluding carboxylic acids is 1. The predicted molar refractivity (Wildman–Crippen MR) is 116 cm³/mol. The summed E-state index contributed by atoms with van der Waals surface area (Å²) in [6.45, 7) is 0.628. The Labute approximate surface area is 182 Å². The molecule has 1 unspecified atom stereocenters. The molecular formula is C23H21F3N3OS-. The average Bonchev–Trinajstić information content (AvgIpc) is 3.24. The molecule has 4 rings (SSSR count). The molecule has 8 heteroatoms. The molecule has 0 bridgehead atoms. The molecular weight excluding hydrogens is 423 g/mol. The topological polar surface area (TPSA) is 57.0 Å². The summed E-state index contributed by atoms with van der Waals surface area (Å²) in [5.41, 5.74) is 8.31. The lowest BCUT2D eigenvalue weighted by molar-refractivity contribution is -0.137. The maximum Gasteiger partial charge on any atom is 0.416 e. The van der Waals surface area contributed by atoms with E-state index in [0.29, 0.717) is 22.0 Å². The molecule has 1 atom stereocenters. The summed E-state index contributed by atoms with van der Waals surface area (Å²) in [6, 6.07) is 14.1. The average molecular weight is 445 g/mol. The van der Waals surface area contributed by atoms with Crippen molar-refractivity contribution in [2.75, 3.05) is 13.1 Å². The second-order valence-electron chi connectivity index (χ2n) is 7.49. The van der Waals surface area contributed by atoms with Crippen molar-refractivity contribution in [2.24, 2.45) is 0 Å². The van der Waals surface area contributed by atoms with Gasteiger partial charge in [-0.2, -0.15) is 13.2 Å². The van der Waals surface area contributed by atoms with Crippen LogP contribution in [0.2, 0.25) is 0 Å². The molecule has 1 N–H and O–H groups in total. The first kappa shape index (κ1) is 21.5. The fourth-order valence-corrected chi connectivity index (χ4v) is 4.88. The third-order valence-electron chi connectivity index (χ3n) is 5.43. The van der Waals surface area contributed by atoms with Crippen LogP contribution in [0.3, 0.4) is 0 Å². The van der Waals surface area contributed by atoms with Crippen LogP contribution >= 0.6 is 11.3 Å². The number of hydrogen-bond acceptors (Lipinski definition) is 3.